The van der Waals surface area contributed by atoms with Crippen molar-refractivity contribution in [2.24, 2.45) is 11.3 Å². The third-order valence-corrected chi connectivity index (χ3v) is 5.32. The van der Waals surface area contributed by atoms with Gasteiger partial charge in [-0.1, -0.05) is 31.5 Å². The Balaban J connectivity index is 1.81. The molecule has 1 N–H and O–H groups in total. The largest absolute Gasteiger partial charge is 0.381 e. The molecular weight excluding hydrogens is 258 g/mol. The predicted molar refractivity (Wildman–Crippen MR) is 79.8 cm³/mol. The van der Waals surface area contributed by atoms with Gasteiger partial charge in [0.25, 0.3) is 0 Å². The summed E-state index contributed by atoms with van der Waals surface area (Å²) >= 11 is 6.20. The number of ether oxygens (including phenoxy) is 1. The van der Waals surface area contributed by atoms with E-state index in [0.717, 1.165) is 22.9 Å². The molecule has 3 heteroatoms. The number of rotatable bonds is 2. The van der Waals surface area contributed by atoms with Gasteiger partial charge in [0.2, 0.25) is 0 Å². The maximum Gasteiger partial charge on any atom is 0.0693 e. The van der Waals surface area contributed by atoms with Gasteiger partial charge in [0.05, 0.1) is 6.10 Å². The van der Waals surface area contributed by atoms with Crippen molar-refractivity contribution in [2.75, 3.05) is 11.9 Å². The zero-order valence-electron chi connectivity index (χ0n) is 11.9. The molecule has 1 saturated heterocycles. The van der Waals surface area contributed by atoms with E-state index in [4.69, 9.17) is 16.3 Å². The highest BCUT2D eigenvalue weighted by atomic mass is 35.5. The van der Waals surface area contributed by atoms with Crippen molar-refractivity contribution in [3.8, 4) is 0 Å². The van der Waals surface area contributed by atoms with E-state index in [1.165, 1.54) is 12.8 Å². The summed E-state index contributed by atoms with van der Waals surface area (Å²) in [6.07, 6.45) is 2.87. The molecule has 0 spiro atoms. The van der Waals surface area contributed by atoms with Crippen molar-refractivity contribution in [1.29, 1.82) is 0 Å². The summed E-state index contributed by atoms with van der Waals surface area (Å²) in [5.74, 6) is 0.641. The molecule has 3 rings (SSSR count). The average Bonchev–Trinajstić information content (AvgIpc) is 2.40. The Kier molecular flexibility index (Phi) is 3.26. The highest BCUT2D eigenvalue weighted by Crippen LogP contribution is 2.52. The van der Waals surface area contributed by atoms with E-state index in [1.54, 1.807) is 0 Å². The fourth-order valence-corrected chi connectivity index (χ4v) is 3.92. The minimum atomic E-state index is 0.194. The van der Waals surface area contributed by atoms with Crippen molar-refractivity contribution in [3.63, 3.8) is 0 Å². The Bertz CT molecular complexity index is 486. The summed E-state index contributed by atoms with van der Waals surface area (Å²) in [5.41, 5.74) is 2.49. The molecule has 0 radical (unpaired) electrons. The second-order valence-electron chi connectivity index (χ2n) is 6.45. The SMILES string of the molecule is Cc1c(Cl)cccc1NC1C2CCCOC2C1(C)C. The van der Waals surface area contributed by atoms with Crippen LogP contribution in [0.3, 0.4) is 0 Å². The lowest BCUT2D eigenvalue weighted by atomic mass is 9.55. The Labute approximate surface area is 120 Å². The van der Waals surface area contributed by atoms with Crippen molar-refractivity contribution in [3.05, 3.63) is 28.8 Å². The second-order valence-corrected chi connectivity index (χ2v) is 6.86. The molecule has 0 bridgehead atoms. The Hall–Kier alpha value is -0.730. The van der Waals surface area contributed by atoms with Crippen molar-refractivity contribution in [2.45, 2.75) is 45.8 Å². The van der Waals surface area contributed by atoms with Gasteiger partial charge in [-0.15, -0.1) is 0 Å². The van der Waals surface area contributed by atoms with E-state index in [0.29, 0.717) is 18.1 Å². The molecule has 3 atom stereocenters. The molecule has 19 heavy (non-hydrogen) atoms. The maximum atomic E-state index is 6.20. The summed E-state index contributed by atoms with van der Waals surface area (Å²) < 4.78 is 5.95. The van der Waals surface area contributed by atoms with Crippen LogP contribution in [0.4, 0.5) is 5.69 Å². The topological polar surface area (TPSA) is 21.3 Å². The van der Waals surface area contributed by atoms with Gasteiger partial charge < -0.3 is 10.1 Å². The minimum absolute atomic E-state index is 0.194. The van der Waals surface area contributed by atoms with Crippen LogP contribution in [-0.4, -0.2) is 18.8 Å². The maximum absolute atomic E-state index is 6.20. The van der Waals surface area contributed by atoms with Gasteiger partial charge in [-0.05, 0) is 37.5 Å². The Morgan fingerprint density at radius 3 is 2.95 bits per heavy atom. The zero-order valence-corrected chi connectivity index (χ0v) is 12.6. The molecule has 0 amide bonds. The van der Waals surface area contributed by atoms with Crippen molar-refractivity contribution in [1.82, 2.24) is 0 Å². The van der Waals surface area contributed by atoms with Crippen LogP contribution in [0.2, 0.25) is 5.02 Å². The van der Waals surface area contributed by atoms with Gasteiger partial charge >= 0.3 is 0 Å². The first-order chi connectivity index (χ1) is 9.01. The van der Waals surface area contributed by atoms with Crippen LogP contribution < -0.4 is 5.32 Å². The molecule has 104 valence electrons. The van der Waals surface area contributed by atoms with Crippen LogP contribution in [0.1, 0.15) is 32.3 Å². The van der Waals surface area contributed by atoms with E-state index >= 15 is 0 Å². The lowest BCUT2D eigenvalue weighted by Crippen LogP contribution is -2.67. The quantitative estimate of drug-likeness (QED) is 0.873. The molecule has 2 aliphatic rings. The summed E-state index contributed by atoms with van der Waals surface area (Å²) in [5, 5.41) is 4.54. The third-order valence-electron chi connectivity index (χ3n) is 4.91. The Morgan fingerprint density at radius 1 is 1.37 bits per heavy atom. The molecular formula is C16H22ClNO. The number of fused-ring (bicyclic) bond motifs is 1. The van der Waals surface area contributed by atoms with E-state index in [9.17, 15) is 0 Å². The predicted octanol–water partition coefficient (Wildman–Crippen LogP) is 4.26. The molecule has 0 aromatic heterocycles. The average molecular weight is 280 g/mol. The molecule has 1 aromatic rings. The van der Waals surface area contributed by atoms with Gasteiger partial charge in [0.15, 0.2) is 0 Å². The first-order valence-corrected chi connectivity index (χ1v) is 7.53. The monoisotopic (exact) mass is 279 g/mol. The van der Waals surface area contributed by atoms with Crippen LogP contribution in [0.15, 0.2) is 18.2 Å². The zero-order chi connectivity index (χ0) is 13.6. The molecule has 3 unspecified atom stereocenters. The van der Waals surface area contributed by atoms with Gasteiger partial charge in [-0.2, -0.15) is 0 Å². The molecule has 1 aliphatic carbocycles. The summed E-state index contributed by atoms with van der Waals surface area (Å²) in [4.78, 5) is 0. The molecule has 1 heterocycles. The number of hydrogen-bond donors (Lipinski definition) is 1. The number of halogens is 1. The van der Waals surface area contributed by atoms with Crippen LogP contribution >= 0.6 is 11.6 Å². The van der Waals surface area contributed by atoms with Crippen LogP contribution in [0.25, 0.3) is 0 Å². The van der Waals surface area contributed by atoms with E-state index in [1.807, 2.05) is 12.1 Å². The summed E-state index contributed by atoms with van der Waals surface area (Å²) in [6, 6.07) is 6.56. The van der Waals surface area contributed by atoms with Crippen LogP contribution in [-0.2, 0) is 4.74 Å². The number of hydrogen-bond acceptors (Lipinski definition) is 2. The standard InChI is InChI=1S/C16H22ClNO/c1-10-12(17)7-4-8-13(10)18-14-11-6-5-9-19-15(11)16(14,2)3/h4,7-8,11,14-15,18H,5-6,9H2,1-3H3. The smallest absolute Gasteiger partial charge is 0.0693 e. The first kappa shape index (κ1) is 13.3. The second kappa shape index (κ2) is 4.68. The normalized spacial score (nSPS) is 32.3. The summed E-state index contributed by atoms with van der Waals surface area (Å²) in [6.45, 7) is 7.60. The molecule has 2 nitrogen and oxygen atoms in total. The fourth-order valence-electron chi connectivity index (χ4n) is 3.75. The van der Waals surface area contributed by atoms with Crippen LogP contribution in [0, 0.1) is 18.3 Å². The van der Waals surface area contributed by atoms with Gasteiger partial charge in [-0.3, -0.25) is 0 Å². The lowest BCUT2D eigenvalue weighted by Gasteiger charge is -2.60. The third kappa shape index (κ3) is 2.05. The highest BCUT2D eigenvalue weighted by molar-refractivity contribution is 6.31. The molecule has 2 fully saturated rings. The van der Waals surface area contributed by atoms with Crippen LogP contribution in [0.5, 0.6) is 0 Å². The first-order valence-electron chi connectivity index (χ1n) is 7.15. The van der Waals surface area contributed by atoms with Crippen molar-refractivity contribution < 1.29 is 4.74 Å². The van der Waals surface area contributed by atoms with Gasteiger partial charge in [0, 0.05) is 34.7 Å². The molecule has 1 saturated carbocycles. The van der Waals surface area contributed by atoms with E-state index < -0.39 is 0 Å². The minimum Gasteiger partial charge on any atom is -0.381 e. The molecule has 1 aliphatic heterocycles. The molecule has 1 aromatic carbocycles. The fraction of sp³-hybridized carbons (Fsp3) is 0.625. The lowest BCUT2D eigenvalue weighted by molar-refractivity contribution is -0.177. The van der Waals surface area contributed by atoms with Gasteiger partial charge in [-0.25, -0.2) is 0 Å². The number of benzene rings is 1. The van der Waals surface area contributed by atoms with E-state index in [-0.39, 0.29) is 5.41 Å². The highest BCUT2D eigenvalue weighted by Gasteiger charge is 2.57. The Morgan fingerprint density at radius 2 is 2.16 bits per heavy atom. The summed E-state index contributed by atoms with van der Waals surface area (Å²) in [7, 11) is 0. The number of anilines is 1. The van der Waals surface area contributed by atoms with Gasteiger partial charge in [0.1, 0.15) is 0 Å². The van der Waals surface area contributed by atoms with E-state index in [2.05, 4.69) is 32.2 Å². The van der Waals surface area contributed by atoms with Crippen molar-refractivity contribution >= 4 is 17.3 Å². The number of nitrogens with one attached hydrogen (secondary N) is 1.